The number of carbonyl (C=O) groups excluding carboxylic acids is 1. The number of carboxylic acid groups (broad SMARTS) is 1. The van der Waals surface area contributed by atoms with Crippen LogP contribution in [0.4, 0.5) is 0 Å². The average Bonchev–Trinajstić information content (AvgIpc) is 2.32. The molecule has 0 heterocycles. The van der Waals surface area contributed by atoms with Gasteiger partial charge in [0.05, 0.1) is 13.0 Å². The molecular weight excluding hydrogens is 288 g/mol. The van der Waals surface area contributed by atoms with Crippen LogP contribution in [-0.2, 0) is 24.5 Å². The zero-order valence-corrected chi connectivity index (χ0v) is 13.0. The van der Waals surface area contributed by atoms with E-state index in [9.17, 15) is 18.0 Å². The number of hydrogen-bond acceptors (Lipinski definition) is 5. The van der Waals surface area contributed by atoms with Crippen molar-refractivity contribution in [2.24, 2.45) is 0 Å². The fourth-order valence-corrected chi connectivity index (χ4v) is 2.89. The van der Waals surface area contributed by atoms with Crippen LogP contribution in [0.15, 0.2) is 0 Å². The largest absolute Gasteiger partial charge is 0.481 e. The molecule has 0 rings (SSSR count). The fourth-order valence-electron chi connectivity index (χ4n) is 1.41. The van der Waals surface area contributed by atoms with Gasteiger partial charge in [0.1, 0.15) is 6.54 Å². The van der Waals surface area contributed by atoms with E-state index >= 15 is 0 Å². The molecule has 0 spiro atoms. The highest BCUT2D eigenvalue weighted by Crippen LogP contribution is 2.11. The predicted molar refractivity (Wildman–Crippen MR) is 72.3 cm³/mol. The van der Waals surface area contributed by atoms with Gasteiger partial charge in [-0.3, -0.25) is 9.59 Å². The normalized spacial score (nSPS) is 12.2. The maximum atomic E-state index is 12.3. The molecule has 0 radical (unpaired) electrons. The highest BCUT2D eigenvalue weighted by atomic mass is 32.2. The molecule has 0 amide bonds. The average molecular weight is 310 g/mol. The van der Waals surface area contributed by atoms with E-state index in [0.717, 1.165) is 8.61 Å². The molecule has 8 nitrogen and oxygen atoms in total. The van der Waals surface area contributed by atoms with E-state index in [2.05, 4.69) is 0 Å². The van der Waals surface area contributed by atoms with Crippen molar-refractivity contribution in [2.75, 3.05) is 26.7 Å². The third-order valence-electron chi connectivity index (χ3n) is 2.50. The van der Waals surface area contributed by atoms with Crippen LogP contribution in [-0.4, -0.2) is 66.9 Å². The van der Waals surface area contributed by atoms with E-state index in [4.69, 9.17) is 9.84 Å². The molecular formula is C11H22N2O6S. The Morgan fingerprint density at radius 2 is 1.85 bits per heavy atom. The van der Waals surface area contributed by atoms with Gasteiger partial charge in [0.25, 0.3) is 10.2 Å². The van der Waals surface area contributed by atoms with E-state index in [1.165, 1.54) is 7.05 Å². The molecule has 1 N–H and O–H groups in total. The van der Waals surface area contributed by atoms with Gasteiger partial charge in [-0.25, -0.2) is 0 Å². The summed E-state index contributed by atoms with van der Waals surface area (Å²) in [7, 11) is -2.63. The summed E-state index contributed by atoms with van der Waals surface area (Å²) in [6, 6.07) is -0.448. The van der Waals surface area contributed by atoms with Crippen LogP contribution in [0.5, 0.6) is 0 Å². The van der Waals surface area contributed by atoms with Crippen molar-refractivity contribution < 1.29 is 27.9 Å². The summed E-state index contributed by atoms with van der Waals surface area (Å²) in [5.74, 6) is -1.73. The van der Waals surface area contributed by atoms with Gasteiger partial charge in [-0.15, -0.1) is 0 Å². The number of hydrogen-bond donors (Lipinski definition) is 1. The lowest BCUT2D eigenvalue weighted by Crippen LogP contribution is -2.48. The molecule has 118 valence electrons. The molecule has 0 saturated carbocycles. The Kier molecular flexibility index (Phi) is 7.69. The van der Waals surface area contributed by atoms with Crippen LogP contribution < -0.4 is 0 Å². The summed E-state index contributed by atoms with van der Waals surface area (Å²) in [4.78, 5) is 21.9. The third-order valence-corrected chi connectivity index (χ3v) is 4.61. The lowest BCUT2D eigenvalue weighted by molar-refractivity contribution is -0.143. The van der Waals surface area contributed by atoms with Crippen molar-refractivity contribution >= 4 is 22.1 Å². The molecule has 0 atom stereocenters. The minimum absolute atomic E-state index is 0.163. The molecule has 0 aromatic carbocycles. The quantitative estimate of drug-likeness (QED) is 0.597. The molecule has 0 bridgehead atoms. The Bertz CT molecular complexity index is 434. The summed E-state index contributed by atoms with van der Waals surface area (Å²) >= 11 is 0. The van der Waals surface area contributed by atoms with E-state index in [1.807, 2.05) is 0 Å². The van der Waals surface area contributed by atoms with Crippen molar-refractivity contribution in [3.05, 3.63) is 0 Å². The molecule has 0 aliphatic heterocycles. The van der Waals surface area contributed by atoms with Crippen molar-refractivity contribution in [1.82, 2.24) is 8.61 Å². The lowest BCUT2D eigenvalue weighted by Gasteiger charge is -2.29. The molecule has 0 aromatic heterocycles. The summed E-state index contributed by atoms with van der Waals surface area (Å²) in [5.41, 5.74) is 0. The summed E-state index contributed by atoms with van der Waals surface area (Å²) in [5, 5.41) is 8.58. The minimum Gasteiger partial charge on any atom is -0.481 e. The first-order chi connectivity index (χ1) is 9.12. The summed E-state index contributed by atoms with van der Waals surface area (Å²) in [6.07, 6.45) is -0.304. The molecule has 0 saturated heterocycles. The topological polar surface area (TPSA) is 104 Å². The number of ether oxygens (including phenoxy) is 1. The second kappa shape index (κ2) is 8.18. The van der Waals surface area contributed by atoms with Crippen LogP contribution in [0.1, 0.15) is 27.2 Å². The first-order valence-electron chi connectivity index (χ1n) is 6.23. The van der Waals surface area contributed by atoms with Crippen LogP contribution in [0, 0.1) is 0 Å². The van der Waals surface area contributed by atoms with Crippen molar-refractivity contribution in [3.63, 3.8) is 0 Å². The Morgan fingerprint density at radius 3 is 2.25 bits per heavy atom. The predicted octanol–water partition coefficient (Wildman–Crippen LogP) is -0.0888. The van der Waals surface area contributed by atoms with Crippen LogP contribution in [0.3, 0.4) is 0 Å². The van der Waals surface area contributed by atoms with Gasteiger partial charge >= 0.3 is 11.9 Å². The molecule has 0 aliphatic carbocycles. The zero-order chi connectivity index (χ0) is 15.9. The summed E-state index contributed by atoms with van der Waals surface area (Å²) < 4.78 is 31.2. The number of esters is 1. The monoisotopic (exact) mass is 310 g/mol. The van der Waals surface area contributed by atoms with Crippen LogP contribution in [0.2, 0.25) is 0 Å². The van der Waals surface area contributed by atoms with Crippen LogP contribution >= 0.6 is 0 Å². The van der Waals surface area contributed by atoms with Gasteiger partial charge in [0.2, 0.25) is 0 Å². The van der Waals surface area contributed by atoms with E-state index < -0.39 is 34.7 Å². The second-order valence-corrected chi connectivity index (χ2v) is 6.41. The zero-order valence-electron chi connectivity index (χ0n) is 12.2. The standard InChI is InChI=1S/C11H22N2O6S/c1-5-19-11(16)8-13(9(2)3)20(17,18)12(4)7-6-10(14)15/h9H,5-8H2,1-4H3,(H,14,15). The number of carboxylic acids is 1. The lowest BCUT2D eigenvalue weighted by atomic mass is 10.4. The molecule has 0 unspecified atom stereocenters. The highest BCUT2D eigenvalue weighted by molar-refractivity contribution is 7.86. The first kappa shape index (κ1) is 18.8. The van der Waals surface area contributed by atoms with Gasteiger partial charge < -0.3 is 9.84 Å². The number of aliphatic carboxylic acids is 1. The number of carbonyl (C=O) groups is 2. The SMILES string of the molecule is CCOC(=O)CN(C(C)C)S(=O)(=O)N(C)CCC(=O)O. The Morgan fingerprint density at radius 1 is 1.30 bits per heavy atom. The first-order valence-corrected chi connectivity index (χ1v) is 7.63. The molecule has 20 heavy (non-hydrogen) atoms. The Hall–Kier alpha value is -1.19. The van der Waals surface area contributed by atoms with Crippen molar-refractivity contribution in [3.8, 4) is 0 Å². The maximum absolute atomic E-state index is 12.3. The van der Waals surface area contributed by atoms with Crippen molar-refractivity contribution in [2.45, 2.75) is 33.2 Å². The van der Waals surface area contributed by atoms with Gasteiger partial charge in [-0.05, 0) is 20.8 Å². The molecule has 0 fully saturated rings. The summed E-state index contributed by atoms with van der Waals surface area (Å²) in [6.45, 7) is 4.49. The van der Waals surface area contributed by atoms with Crippen LogP contribution in [0.25, 0.3) is 0 Å². The highest BCUT2D eigenvalue weighted by Gasteiger charge is 2.31. The van der Waals surface area contributed by atoms with Gasteiger partial charge in [0.15, 0.2) is 0 Å². The second-order valence-electron chi connectivity index (χ2n) is 4.42. The van der Waals surface area contributed by atoms with Crippen molar-refractivity contribution in [1.29, 1.82) is 0 Å². The van der Waals surface area contributed by atoms with E-state index in [0.29, 0.717) is 0 Å². The smallest absolute Gasteiger partial charge is 0.321 e. The Balaban J connectivity index is 4.96. The molecule has 9 heteroatoms. The molecule has 0 aliphatic rings. The van der Waals surface area contributed by atoms with Gasteiger partial charge in [-0.2, -0.15) is 17.0 Å². The van der Waals surface area contributed by atoms with Gasteiger partial charge in [-0.1, -0.05) is 0 Å². The number of rotatable bonds is 9. The maximum Gasteiger partial charge on any atom is 0.321 e. The third kappa shape index (κ3) is 5.85. The van der Waals surface area contributed by atoms with E-state index in [1.54, 1.807) is 20.8 Å². The minimum atomic E-state index is -3.91. The van der Waals surface area contributed by atoms with Gasteiger partial charge in [0, 0.05) is 19.6 Å². The fraction of sp³-hybridized carbons (Fsp3) is 0.818. The molecule has 0 aromatic rings. The number of nitrogens with zero attached hydrogens (tertiary/aromatic N) is 2. The Labute approximate surface area is 119 Å². The van der Waals surface area contributed by atoms with E-state index in [-0.39, 0.29) is 19.6 Å².